The lowest BCUT2D eigenvalue weighted by atomic mass is 9.33. The number of hydrogen-bond acceptors (Lipinski definition) is 3. The molecular formula is C64H70BN3. The lowest BCUT2D eigenvalue weighted by molar-refractivity contribution is 0.590. The minimum atomic E-state index is -0.106. The van der Waals surface area contributed by atoms with Crippen LogP contribution in [0.5, 0.6) is 0 Å². The van der Waals surface area contributed by atoms with Gasteiger partial charge in [-0.25, -0.2) is 0 Å². The van der Waals surface area contributed by atoms with Crippen LogP contribution in [0.15, 0.2) is 133 Å². The number of aryl methyl sites for hydroxylation is 1. The molecule has 0 saturated carbocycles. The highest BCUT2D eigenvalue weighted by Crippen LogP contribution is 2.48. The molecule has 0 amide bonds. The fourth-order valence-corrected chi connectivity index (χ4v) is 10.3. The number of hydrogen-bond donors (Lipinski definition) is 0. The summed E-state index contributed by atoms with van der Waals surface area (Å²) in [5, 5.41) is 11.0. The average molecular weight is 892 g/mol. The molecule has 4 heteroatoms. The first-order valence-corrected chi connectivity index (χ1v) is 24.7. The predicted octanol–water partition coefficient (Wildman–Crippen LogP) is 15.8. The zero-order chi connectivity index (χ0) is 49.0. The van der Waals surface area contributed by atoms with Crippen LogP contribution in [0.4, 0.5) is 34.1 Å². The van der Waals surface area contributed by atoms with Gasteiger partial charge in [0.25, 0.3) is 6.71 Å². The molecule has 0 spiro atoms. The van der Waals surface area contributed by atoms with E-state index in [4.69, 9.17) is 0 Å². The highest BCUT2D eigenvalue weighted by Gasteiger charge is 2.45. The number of anilines is 6. The van der Waals surface area contributed by atoms with Gasteiger partial charge < -0.3 is 9.80 Å². The average Bonchev–Trinajstić information content (AvgIpc) is 3.26. The molecule has 0 unspecified atom stereocenters. The van der Waals surface area contributed by atoms with Crippen molar-refractivity contribution in [3.05, 3.63) is 172 Å². The third kappa shape index (κ3) is 8.38. The van der Waals surface area contributed by atoms with Gasteiger partial charge in [0.1, 0.15) is 6.07 Å². The van der Waals surface area contributed by atoms with Crippen molar-refractivity contribution in [1.29, 1.82) is 5.26 Å². The SMILES string of the molecule is Cc1cc2c3c(c1)N(c1ccc(C(C)(C)C)cc1C#N)c1ccc(C(C)(C)C)cc1B3c1cc(C(C)(C)C)ccc1N2c1cc(-c2ccc(C(C)(C)C)cc2)cc(-c2ccc(C(C)(C)C)cc2)c1. The first-order valence-electron chi connectivity index (χ1n) is 24.7. The van der Waals surface area contributed by atoms with Crippen LogP contribution in [-0.4, -0.2) is 6.71 Å². The Morgan fingerprint density at radius 3 is 1.15 bits per heavy atom. The molecule has 0 radical (unpaired) electrons. The van der Waals surface area contributed by atoms with Gasteiger partial charge >= 0.3 is 0 Å². The smallest absolute Gasteiger partial charge is 0.252 e. The van der Waals surface area contributed by atoms with Crippen LogP contribution in [0, 0.1) is 18.3 Å². The van der Waals surface area contributed by atoms with E-state index < -0.39 is 0 Å². The highest BCUT2D eigenvalue weighted by atomic mass is 15.2. The summed E-state index contributed by atoms with van der Waals surface area (Å²) in [6.07, 6.45) is 0. The second-order valence-electron chi connectivity index (χ2n) is 24.9. The van der Waals surface area contributed by atoms with Crippen molar-refractivity contribution in [2.24, 2.45) is 0 Å². The number of fused-ring (bicyclic) bond motifs is 4. The molecule has 344 valence electrons. The van der Waals surface area contributed by atoms with E-state index in [-0.39, 0.29) is 33.8 Å². The highest BCUT2D eigenvalue weighted by molar-refractivity contribution is 7.00. The summed E-state index contributed by atoms with van der Waals surface area (Å²) >= 11 is 0. The normalized spacial score (nSPS) is 13.8. The molecule has 2 aliphatic rings. The fraction of sp³-hybridized carbons (Fsp3) is 0.328. The number of rotatable bonds is 4. The summed E-state index contributed by atoms with van der Waals surface area (Å²) in [5.41, 5.74) is 23.2. The molecule has 0 aliphatic carbocycles. The molecule has 2 aliphatic heterocycles. The van der Waals surface area contributed by atoms with Crippen molar-refractivity contribution < 1.29 is 0 Å². The van der Waals surface area contributed by atoms with E-state index in [1.165, 1.54) is 66.6 Å². The van der Waals surface area contributed by atoms with E-state index in [0.717, 1.165) is 39.6 Å². The van der Waals surface area contributed by atoms with Crippen LogP contribution in [0.1, 0.15) is 143 Å². The minimum Gasteiger partial charge on any atom is -0.311 e. The monoisotopic (exact) mass is 892 g/mol. The second kappa shape index (κ2) is 16.2. The summed E-state index contributed by atoms with van der Waals surface area (Å²) in [6, 6.07) is 53.9. The molecular weight excluding hydrogens is 822 g/mol. The van der Waals surface area contributed by atoms with Gasteiger partial charge in [0, 0.05) is 28.4 Å². The second-order valence-corrected chi connectivity index (χ2v) is 24.9. The predicted molar refractivity (Wildman–Crippen MR) is 294 cm³/mol. The van der Waals surface area contributed by atoms with Gasteiger partial charge in [-0.1, -0.05) is 183 Å². The van der Waals surface area contributed by atoms with E-state index in [1.54, 1.807) is 0 Å². The quantitative estimate of drug-likeness (QED) is 0.165. The summed E-state index contributed by atoms with van der Waals surface area (Å²) in [4.78, 5) is 4.95. The minimum absolute atomic E-state index is 0.0490. The molecule has 2 heterocycles. The Morgan fingerprint density at radius 1 is 0.368 bits per heavy atom. The summed E-state index contributed by atoms with van der Waals surface area (Å²) in [7, 11) is 0. The van der Waals surface area contributed by atoms with Crippen LogP contribution in [0.25, 0.3) is 22.3 Å². The molecule has 7 aromatic rings. The van der Waals surface area contributed by atoms with E-state index in [9.17, 15) is 5.26 Å². The van der Waals surface area contributed by atoms with Crippen molar-refractivity contribution in [2.75, 3.05) is 9.80 Å². The lowest BCUT2D eigenvalue weighted by Gasteiger charge is -2.45. The van der Waals surface area contributed by atoms with Crippen molar-refractivity contribution >= 4 is 57.2 Å². The molecule has 0 saturated heterocycles. The molecule has 7 aromatic carbocycles. The van der Waals surface area contributed by atoms with E-state index in [0.29, 0.717) is 5.56 Å². The Morgan fingerprint density at radius 2 is 0.735 bits per heavy atom. The maximum absolute atomic E-state index is 11.0. The first kappa shape index (κ1) is 46.8. The summed E-state index contributed by atoms with van der Waals surface area (Å²) in [6.45, 7) is 36.4. The van der Waals surface area contributed by atoms with Gasteiger partial charge in [0.15, 0.2) is 0 Å². The van der Waals surface area contributed by atoms with Crippen molar-refractivity contribution in [2.45, 2.75) is 138 Å². The molecule has 0 bridgehead atoms. The van der Waals surface area contributed by atoms with Crippen LogP contribution < -0.4 is 26.2 Å². The van der Waals surface area contributed by atoms with Crippen molar-refractivity contribution in [1.82, 2.24) is 0 Å². The van der Waals surface area contributed by atoms with Crippen LogP contribution in [0.2, 0.25) is 0 Å². The summed E-state index contributed by atoms with van der Waals surface area (Å²) < 4.78 is 0. The Labute approximate surface area is 409 Å². The van der Waals surface area contributed by atoms with E-state index in [2.05, 4.69) is 260 Å². The Hall–Kier alpha value is -6.31. The number of nitriles is 1. The summed E-state index contributed by atoms with van der Waals surface area (Å²) in [5.74, 6) is 0. The van der Waals surface area contributed by atoms with Crippen molar-refractivity contribution in [3.8, 4) is 28.3 Å². The van der Waals surface area contributed by atoms with Gasteiger partial charge in [0.05, 0.1) is 11.3 Å². The zero-order valence-corrected chi connectivity index (χ0v) is 43.6. The maximum atomic E-state index is 11.0. The molecule has 3 nitrogen and oxygen atoms in total. The van der Waals surface area contributed by atoms with Gasteiger partial charge in [0.2, 0.25) is 0 Å². The first-order chi connectivity index (χ1) is 31.7. The lowest BCUT2D eigenvalue weighted by Crippen LogP contribution is -2.61. The molecule has 0 fully saturated rings. The van der Waals surface area contributed by atoms with Gasteiger partial charge in [-0.15, -0.1) is 0 Å². The maximum Gasteiger partial charge on any atom is 0.252 e. The number of nitrogens with zero attached hydrogens (tertiary/aromatic N) is 3. The largest absolute Gasteiger partial charge is 0.311 e. The fourth-order valence-electron chi connectivity index (χ4n) is 10.3. The van der Waals surface area contributed by atoms with E-state index in [1.807, 2.05) is 0 Å². The molecule has 0 aromatic heterocycles. The Kier molecular flexibility index (Phi) is 11.1. The van der Waals surface area contributed by atoms with E-state index >= 15 is 0 Å². The zero-order valence-electron chi connectivity index (χ0n) is 43.6. The molecule has 68 heavy (non-hydrogen) atoms. The third-order valence-corrected chi connectivity index (χ3v) is 14.5. The van der Waals surface area contributed by atoms with Gasteiger partial charge in [-0.2, -0.15) is 5.26 Å². The standard InChI is InChI=1S/C64H70BN3/c1-40-31-57-59-58(32-40)68(54-28-25-48(62(8,9)10)34-45(54)39-66)56-30-27-50(64(14,15)16)38-53(56)65(59)52-37-49(63(11,12)13)26-29-55(52)67(57)51-35-43(41-17-21-46(22-18-41)60(2,3)4)33-44(36-51)42-19-23-47(24-20-42)61(5,6)7/h17-38H,1-16H3. The van der Waals surface area contributed by atoms with Crippen molar-refractivity contribution in [3.63, 3.8) is 0 Å². The topological polar surface area (TPSA) is 30.3 Å². The molecule has 0 N–H and O–H groups in total. The Balaban J connectivity index is 1.37. The van der Waals surface area contributed by atoms with Gasteiger partial charge in [-0.05, 0) is 161 Å². The Bertz CT molecular complexity index is 3070. The van der Waals surface area contributed by atoms with Gasteiger partial charge in [-0.3, -0.25) is 0 Å². The third-order valence-electron chi connectivity index (χ3n) is 14.5. The van der Waals surface area contributed by atoms with Crippen LogP contribution in [-0.2, 0) is 27.1 Å². The van der Waals surface area contributed by atoms with Crippen LogP contribution in [0.3, 0.4) is 0 Å². The molecule has 9 rings (SSSR count). The van der Waals surface area contributed by atoms with Crippen LogP contribution >= 0.6 is 0 Å². The molecule has 0 atom stereocenters. The number of benzene rings is 7.